The molecule has 11 heteroatoms. The molecule has 0 unspecified atom stereocenters. The second kappa shape index (κ2) is 7.56. The number of hydrogen-bond acceptors (Lipinski definition) is 6. The van der Waals surface area contributed by atoms with Gasteiger partial charge in [-0.1, -0.05) is 0 Å². The lowest BCUT2D eigenvalue weighted by Crippen LogP contribution is -2.41. The van der Waals surface area contributed by atoms with Crippen molar-refractivity contribution in [3.8, 4) is 0 Å². The van der Waals surface area contributed by atoms with E-state index in [1.807, 2.05) is 4.90 Å². The van der Waals surface area contributed by atoms with Gasteiger partial charge in [-0.2, -0.15) is 13.2 Å². The summed E-state index contributed by atoms with van der Waals surface area (Å²) in [7, 11) is -2.94. The lowest BCUT2D eigenvalue weighted by atomic mass is 10.1. The molecule has 1 heterocycles. The fraction of sp³-hybridized carbons (Fsp3) is 0.571. The van der Waals surface area contributed by atoms with E-state index in [1.54, 1.807) is 0 Å². The zero-order valence-electron chi connectivity index (χ0n) is 13.3. The smallest absolute Gasteiger partial charge is 0.385 e. The monoisotopic (exact) mass is 381 g/mol. The van der Waals surface area contributed by atoms with Crippen LogP contribution in [0.1, 0.15) is 12.0 Å². The quantitative estimate of drug-likeness (QED) is 0.461. The summed E-state index contributed by atoms with van der Waals surface area (Å²) in [5.41, 5.74) is -2.12. The summed E-state index contributed by atoms with van der Waals surface area (Å²) in [5.74, 6) is 0.245. The van der Waals surface area contributed by atoms with Crippen molar-refractivity contribution >= 4 is 21.2 Å². The first kappa shape index (κ1) is 19.4. The molecule has 1 N–H and O–H groups in total. The van der Waals surface area contributed by atoms with Crippen molar-refractivity contribution in [1.29, 1.82) is 0 Å². The van der Waals surface area contributed by atoms with Gasteiger partial charge < -0.3 is 10.2 Å². The molecule has 2 rings (SSSR count). The SMILES string of the molecule is O=[N+]([O-])c1ccc(NCCCN2CCS(=O)(=O)CC2)cc1C(F)(F)F. The molecule has 1 aromatic rings. The van der Waals surface area contributed by atoms with Crippen molar-refractivity contribution in [2.75, 3.05) is 43.0 Å². The van der Waals surface area contributed by atoms with Crippen LogP contribution in [-0.2, 0) is 16.0 Å². The number of nitrogens with zero attached hydrogens (tertiary/aromatic N) is 2. The number of sulfone groups is 1. The Kier molecular flexibility index (Phi) is 5.88. The fourth-order valence-corrected chi connectivity index (χ4v) is 3.82. The molecule has 0 aliphatic carbocycles. The summed E-state index contributed by atoms with van der Waals surface area (Å²) in [6.45, 7) is 1.91. The molecule has 140 valence electrons. The van der Waals surface area contributed by atoms with E-state index < -0.39 is 32.2 Å². The van der Waals surface area contributed by atoms with Crippen LogP contribution in [0.5, 0.6) is 0 Å². The maximum Gasteiger partial charge on any atom is 0.423 e. The van der Waals surface area contributed by atoms with Crippen LogP contribution >= 0.6 is 0 Å². The normalized spacial score (nSPS) is 18.0. The Morgan fingerprint density at radius 2 is 1.88 bits per heavy atom. The molecule has 0 bridgehead atoms. The lowest BCUT2D eigenvalue weighted by Gasteiger charge is -2.26. The molecule has 0 spiro atoms. The second-order valence-corrected chi connectivity index (χ2v) is 8.06. The Morgan fingerprint density at radius 1 is 1.24 bits per heavy atom. The van der Waals surface area contributed by atoms with Gasteiger partial charge in [-0.15, -0.1) is 0 Å². The predicted octanol–water partition coefficient (Wildman–Crippen LogP) is 2.15. The van der Waals surface area contributed by atoms with Crippen molar-refractivity contribution < 1.29 is 26.5 Å². The van der Waals surface area contributed by atoms with Gasteiger partial charge in [0.05, 0.1) is 16.4 Å². The molecule has 1 aliphatic heterocycles. The minimum absolute atomic E-state index is 0.123. The van der Waals surface area contributed by atoms with Crippen LogP contribution in [0.3, 0.4) is 0 Å². The Labute approximate surface area is 142 Å². The number of anilines is 1. The first-order valence-corrected chi connectivity index (χ1v) is 9.43. The molecule has 0 amide bonds. The van der Waals surface area contributed by atoms with Crippen molar-refractivity contribution in [2.45, 2.75) is 12.6 Å². The number of halogens is 3. The van der Waals surface area contributed by atoms with Crippen LogP contribution in [-0.4, -0.2) is 55.9 Å². The Balaban J connectivity index is 1.88. The summed E-state index contributed by atoms with van der Waals surface area (Å²) in [4.78, 5) is 11.6. The van der Waals surface area contributed by atoms with Gasteiger partial charge in [0.15, 0.2) is 9.84 Å². The van der Waals surface area contributed by atoms with Gasteiger partial charge >= 0.3 is 6.18 Å². The largest absolute Gasteiger partial charge is 0.423 e. The van der Waals surface area contributed by atoms with E-state index in [0.717, 1.165) is 12.1 Å². The summed E-state index contributed by atoms with van der Waals surface area (Å²) in [6, 6.07) is 2.80. The zero-order chi connectivity index (χ0) is 18.7. The lowest BCUT2D eigenvalue weighted by molar-refractivity contribution is -0.388. The molecule has 0 atom stereocenters. The molecule has 25 heavy (non-hydrogen) atoms. The third-order valence-electron chi connectivity index (χ3n) is 3.92. The first-order chi connectivity index (χ1) is 11.6. The topological polar surface area (TPSA) is 92.6 Å². The van der Waals surface area contributed by atoms with Gasteiger partial charge in [0.2, 0.25) is 0 Å². The second-order valence-electron chi connectivity index (χ2n) is 5.76. The van der Waals surface area contributed by atoms with Crippen molar-refractivity contribution in [2.24, 2.45) is 0 Å². The number of hydrogen-bond donors (Lipinski definition) is 1. The number of rotatable bonds is 6. The molecular formula is C14H18F3N3O4S. The van der Waals surface area contributed by atoms with E-state index in [1.165, 1.54) is 6.07 Å². The van der Waals surface area contributed by atoms with Gasteiger partial charge in [0, 0.05) is 31.4 Å². The van der Waals surface area contributed by atoms with Crippen LogP contribution in [0.15, 0.2) is 18.2 Å². The highest BCUT2D eigenvalue weighted by atomic mass is 32.2. The van der Waals surface area contributed by atoms with Crippen LogP contribution in [0, 0.1) is 10.1 Å². The average Bonchev–Trinajstić information content (AvgIpc) is 2.51. The van der Waals surface area contributed by atoms with Gasteiger partial charge in [-0.25, -0.2) is 8.42 Å². The predicted molar refractivity (Wildman–Crippen MR) is 86.3 cm³/mol. The molecule has 1 aromatic carbocycles. The highest BCUT2D eigenvalue weighted by molar-refractivity contribution is 7.91. The summed E-state index contributed by atoms with van der Waals surface area (Å²) < 4.78 is 61.3. The van der Waals surface area contributed by atoms with E-state index >= 15 is 0 Å². The molecule has 1 aliphatic rings. The van der Waals surface area contributed by atoms with E-state index in [2.05, 4.69) is 5.32 Å². The minimum Gasteiger partial charge on any atom is -0.385 e. The maximum absolute atomic E-state index is 12.9. The van der Waals surface area contributed by atoms with E-state index in [0.29, 0.717) is 32.6 Å². The Hall–Kier alpha value is -1.88. The number of nitro benzene ring substituents is 1. The van der Waals surface area contributed by atoms with Crippen molar-refractivity contribution in [3.05, 3.63) is 33.9 Å². The Bertz CT molecular complexity index is 723. The van der Waals surface area contributed by atoms with Crippen LogP contribution in [0.4, 0.5) is 24.5 Å². The van der Waals surface area contributed by atoms with E-state index in [9.17, 15) is 31.7 Å². The maximum atomic E-state index is 12.9. The highest BCUT2D eigenvalue weighted by Gasteiger charge is 2.38. The van der Waals surface area contributed by atoms with E-state index in [4.69, 9.17) is 0 Å². The third-order valence-corrected chi connectivity index (χ3v) is 5.53. The number of nitrogens with one attached hydrogen (secondary N) is 1. The zero-order valence-corrected chi connectivity index (χ0v) is 14.1. The van der Waals surface area contributed by atoms with Gasteiger partial charge in [-0.05, 0) is 25.1 Å². The number of nitro groups is 1. The summed E-state index contributed by atoms with van der Waals surface area (Å²) in [5, 5.41) is 13.5. The van der Waals surface area contributed by atoms with Crippen LogP contribution in [0.25, 0.3) is 0 Å². The molecule has 1 saturated heterocycles. The fourth-order valence-electron chi connectivity index (χ4n) is 2.54. The molecule has 0 aromatic heterocycles. The summed E-state index contributed by atoms with van der Waals surface area (Å²) >= 11 is 0. The third kappa shape index (κ3) is 5.56. The Morgan fingerprint density at radius 3 is 2.44 bits per heavy atom. The standard InChI is InChI=1S/C14H18F3N3O4S/c15-14(16,17)12-10-11(2-3-13(12)20(21)22)18-4-1-5-19-6-8-25(23,24)9-7-19/h2-3,10,18H,1,4-9H2. The highest BCUT2D eigenvalue weighted by Crippen LogP contribution is 2.37. The van der Waals surface area contributed by atoms with Crippen molar-refractivity contribution in [3.63, 3.8) is 0 Å². The first-order valence-electron chi connectivity index (χ1n) is 7.61. The number of alkyl halides is 3. The molecule has 7 nitrogen and oxygen atoms in total. The van der Waals surface area contributed by atoms with E-state index in [-0.39, 0.29) is 17.2 Å². The minimum atomic E-state index is -4.81. The van der Waals surface area contributed by atoms with Crippen LogP contribution < -0.4 is 5.32 Å². The van der Waals surface area contributed by atoms with Gasteiger partial charge in [0.1, 0.15) is 5.56 Å². The van der Waals surface area contributed by atoms with Crippen LogP contribution in [0.2, 0.25) is 0 Å². The number of benzene rings is 1. The molecule has 0 radical (unpaired) electrons. The van der Waals surface area contributed by atoms with Gasteiger partial charge in [-0.3, -0.25) is 10.1 Å². The van der Waals surface area contributed by atoms with Crippen molar-refractivity contribution in [1.82, 2.24) is 4.90 Å². The molecular weight excluding hydrogens is 363 g/mol. The van der Waals surface area contributed by atoms with Gasteiger partial charge in [0.25, 0.3) is 5.69 Å². The average molecular weight is 381 g/mol. The molecule has 0 saturated carbocycles. The summed E-state index contributed by atoms with van der Waals surface area (Å²) in [6.07, 6.45) is -4.20. The molecule has 1 fully saturated rings.